The maximum absolute atomic E-state index is 11.9. The second-order valence-corrected chi connectivity index (χ2v) is 6.08. The lowest BCUT2D eigenvalue weighted by Gasteiger charge is -2.23. The van der Waals surface area contributed by atoms with Crippen LogP contribution < -0.4 is 11.1 Å². The lowest BCUT2D eigenvalue weighted by Crippen LogP contribution is -2.20. The Morgan fingerprint density at radius 1 is 1.43 bits per heavy atom. The highest BCUT2D eigenvalue weighted by atomic mass is 35.5. The minimum absolute atomic E-state index is 0.00190. The summed E-state index contributed by atoms with van der Waals surface area (Å²) in [5.74, 6) is -0.184. The van der Waals surface area contributed by atoms with E-state index in [1.807, 2.05) is 0 Å². The van der Waals surface area contributed by atoms with E-state index in [-0.39, 0.29) is 22.0 Å². The number of nitrogens with one attached hydrogen (secondary N) is 1. The molecule has 1 aromatic rings. The topological polar surface area (TPSA) is 98.3 Å². The highest BCUT2D eigenvalue weighted by Crippen LogP contribution is 2.28. The van der Waals surface area contributed by atoms with Crippen LogP contribution in [0.5, 0.6) is 0 Å². The number of carbonyl (C=O) groups excluding carboxylic acids is 1. The van der Waals surface area contributed by atoms with E-state index in [9.17, 15) is 14.9 Å². The molecule has 0 radical (unpaired) electrons. The Labute approximate surface area is 128 Å². The van der Waals surface area contributed by atoms with Gasteiger partial charge >= 0.3 is 0 Å². The molecule has 1 rings (SSSR count). The monoisotopic (exact) mass is 313 g/mol. The third-order valence-electron chi connectivity index (χ3n) is 3.28. The van der Waals surface area contributed by atoms with E-state index >= 15 is 0 Å². The number of nitro benzene ring substituents is 1. The first kappa shape index (κ1) is 17.4. The molecule has 0 unspecified atom stereocenters. The van der Waals surface area contributed by atoms with Gasteiger partial charge in [0.1, 0.15) is 5.02 Å². The Bertz CT molecular complexity index is 532. The Morgan fingerprint density at radius 3 is 2.67 bits per heavy atom. The highest BCUT2D eigenvalue weighted by molar-refractivity contribution is 6.32. The standard InChI is InChI=1S/C14H20ClN3O3/c1-14(2,7-8-16)6-5-13(19)17-10-3-4-11(15)12(9-10)18(20)21/h3-4,9H,5-8,16H2,1-2H3,(H,17,19). The summed E-state index contributed by atoms with van der Waals surface area (Å²) in [6.07, 6.45) is 1.88. The third kappa shape index (κ3) is 5.69. The molecule has 0 atom stereocenters. The van der Waals surface area contributed by atoms with Gasteiger partial charge < -0.3 is 11.1 Å². The van der Waals surface area contributed by atoms with Crippen LogP contribution in [-0.2, 0) is 4.79 Å². The quantitative estimate of drug-likeness (QED) is 0.595. The van der Waals surface area contributed by atoms with Gasteiger partial charge in [0.15, 0.2) is 0 Å². The van der Waals surface area contributed by atoms with E-state index in [0.29, 0.717) is 25.1 Å². The molecule has 21 heavy (non-hydrogen) atoms. The molecular weight excluding hydrogens is 294 g/mol. The van der Waals surface area contributed by atoms with Crippen LogP contribution >= 0.6 is 11.6 Å². The van der Waals surface area contributed by atoms with Gasteiger partial charge in [0.25, 0.3) is 5.69 Å². The van der Waals surface area contributed by atoms with Crippen molar-refractivity contribution >= 4 is 28.9 Å². The van der Waals surface area contributed by atoms with E-state index in [1.54, 1.807) is 0 Å². The molecule has 7 heteroatoms. The fraction of sp³-hybridized carbons (Fsp3) is 0.500. The number of halogens is 1. The molecule has 0 saturated carbocycles. The molecular formula is C14H20ClN3O3. The predicted molar refractivity (Wildman–Crippen MR) is 83.4 cm³/mol. The van der Waals surface area contributed by atoms with Crippen molar-refractivity contribution in [2.45, 2.75) is 33.1 Å². The van der Waals surface area contributed by atoms with Crippen molar-refractivity contribution in [3.63, 3.8) is 0 Å². The summed E-state index contributed by atoms with van der Waals surface area (Å²) >= 11 is 5.72. The van der Waals surface area contributed by atoms with Crippen molar-refractivity contribution in [3.8, 4) is 0 Å². The largest absolute Gasteiger partial charge is 0.330 e. The summed E-state index contributed by atoms with van der Waals surface area (Å²) in [7, 11) is 0. The van der Waals surface area contributed by atoms with Crippen molar-refractivity contribution in [1.82, 2.24) is 0 Å². The first-order valence-electron chi connectivity index (χ1n) is 6.69. The number of nitro groups is 1. The van der Waals surface area contributed by atoms with Crippen LogP contribution in [0, 0.1) is 15.5 Å². The number of benzene rings is 1. The molecule has 0 bridgehead atoms. The SMILES string of the molecule is CC(C)(CCN)CCC(=O)Nc1ccc(Cl)c([N+](=O)[O-])c1. The van der Waals surface area contributed by atoms with Gasteiger partial charge in [0.2, 0.25) is 5.91 Å². The van der Waals surface area contributed by atoms with E-state index in [4.69, 9.17) is 17.3 Å². The summed E-state index contributed by atoms with van der Waals surface area (Å²) < 4.78 is 0. The Hall–Kier alpha value is -1.66. The van der Waals surface area contributed by atoms with Gasteiger partial charge in [-0.1, -0.05) is 25.4 Å². The van der Waals surface area contributed by atoms with Gasteiger partial charge in [-0.3, -0.25) is 14.9 Å². The Balaban J connectivity index is 2.63. The number of hydrogen-bond acceptors (Lipinski definition) is 4. The lowest BCUT2D eigenvalue weighted by molar-refractivity contribution is -0.384. The average Bonchev–Trinajstić information content (AvgIpc) is 2.38. The van der Waals surface area contributed by atoms with E-state index in [2.05, 4.69) is 19.2 Å². The fourth-order valence-electron chi connectivity index (χ4n) is 1.92. The first-order chi connectivity index (χ1) is 9.75. The summed E-state index contributed by atoms with van der Waals surface area (Å²) in [6.45, 7) is 4.69. The maximum atomic E-state index is 11.9. The van der Waals surface area contributed by atoms with E-state index in [0.717, 1.165) is 6.42 Å². The second-order valence-electron chi connectivity index (χ2n) is 5.67. The van der Waals surface area contributed by atoms with Gasteiger partial charge in [-0.05, 0) is 36.9 Å². The predicted octanol–water partition coefficient (Wildman–Crippen LogP) is 3.34. The summed E-state index contributed by atoms with van der Waals surface area (Å²) in [5.41, 5.74) is 5.67. The lowest BCUT2D eigenvalue weighted by atomic mass is 9.84. The molecule has 0 spiro atoms. The molecule has 0 heterocycles. The van der Waals surface area contributed by atoms with Gasteiger partial charge in [0.05, 0.1) is 4.92 Å². The van der Waals surface area contributed by atoms with Crippen molar-refractivity contribution in [3.05, 3.63) is 33.3 Å². The number of rotatable bonds is 7. The van der Waals surface area contributed by atoms with Gasteiger partial charge in [-0.2, -0.15) is 0 Å². The molecule has 0 aliphatic heterocycles. The molecule has 1 amide bonds. The van der Waals surface area contributed by atoms with E-state index in [1.165, 1.54) is 18.2 Å². The van der Waals surface area contributed by atoms with Crippen LogP contribution in [0.4, 0.5) is 11.4 Å². The second kappa shape index (κ2) is 7.38. The zero-order chi connectivity index (χ0) is 16.0. The van der Waals surface area contributed by atoms with E-state index < -0.39 is 4.92 Å². The number of hydrogen-bond donors (Lipinski definition) is 2. The number of amides is 1. The summed E-state index contributed by atoms with van der Waals surface area (Å²) in [4.78, 5) is 22.1. The normalized spacial score (nSPS) is 11.2. The van der Waals surface area contributed by atoms with Crippen molar-refractivity contribution < 1.29 is 9.72 Å². The van der Waals surface area contributed by atoms with Crippen LogP contribution in [0.1, 0.15) is 33.1 Å². The van der Waals surface area contributed by atoms with Gasteiger partial charge in [-0.25, -0.2) is 0 Å². The van der Waals surface area contributed by atoms with Crippen LogP contribution in [0.15, 0.2) is 18.2 Å². The maximum Gasteiger partial charge on any atom is 0.289 e. The molecule has 0 aromatic heterocycles. The third-order valence-corrected chi connectivity index (χ3v) is 3.60. The van der Waals surface area contributed by atoms with Crippen LogP contribution in [-0.4, -0.2) is 17.4 Å². The smallest absolute Gasteiger partial charge is 0.289 e. The minimum atomic E-state index is -0.581. The number of nitrogens with two attached hydrogens (primary N) is 1. The van der Waals surface area contributed by atoms with Crippen molar-refractivity contribution in [2.75, 3.05) is 11.9 Å². The molecule has 0 aliphatic carbocycles. The summed E-state index contributed by atoms with van der Waals surface area (Å²) in [5, 5.41) is 13.5. The molecule has 116 valence electrons. The molecule has 0 saturated heterocycles. The molecule has 0 fully saturated rings. The van der Waals surface area contributed by atoms with Crippen LogP contribution in [0.25, 0.3) is 0 Å². The van der Waals surface area contributed by atoms with Crippen molar-refractivity contribution in [1.29, 1.82) is 0 Å². The van der Waals surface area contributed by atoms with Gasteiger partial charge in [0, 0.05) is 18.2 Å². The van der Waals surface area contributed by atoms with Crippen molar-refractivity contribution in [2.24, 2.45) is 11.1 Å². The minimum Gasteiger partial charge on any atom is -0.330 e. The number of nitrogens with zero attached hydrogens (tertiary/aromatic N) is 1. The summed E-state index contributed by atoms with van der Waals surface area (Å²) in [6, 6.07) is 4.19. The van der Waals surface area contributed by atoms with Crippen LogP contribution in [0.3, 0.4) is 0 Å². The van der Waals surface area contributed by atoms with Crippen LogP contribution in [0.2, 0.25) is 5.02 Å². The molecule has 3 N–H and O–H groups in total. The molecule has 1 aromatic carbocycles. The zero-order valence-corrected chi connectivity index (χ0v) is 12.9. The highest BCUT2D eigenvalue weighted by Gasteiger charge is 2.19. The Kier molecular flexibility index (Phi) is 6.11. The number of carbonyl (C=O) groups is 1. The molecule has 0 aliphatic rings. The van der Waals surface area contributed by atoms with Gasteiger partial charge in [-0.15, -0.1) is 0 Å². The first-order valence-corrected chi connectivity index (χ1v) is 7.07. The fourth-order valence-corrected chi connectivity index (χ4v) is 2.11. The molecule has 6 nitrogen and oxygen atoms in total. The zero-order valence-electron chi connectivity index (χ0n) is 12.2. The average molecular weight is 314 g/mol. The Morgan fingerprint density at radius 2 is 2.10 bits per heavy atom. The number of anilines is 1.